The van der Waals surface area contributed by atoms with Crippen molar-refractivity contribution in [1.29, 1.82) is 0 Å². The van der Waals surface area contributed by atoms with Gasteiger partial charge in [-0.3, -0.25) is 0 Å². The number of benzene rings is 2. The van der Waals surface area contributed by atoms with Gasteiger partial charge >= 0.3 is 0 Å². The molecule has 0 aromatic heterocycles. The van der Waals surface area contributed by atoms with E-state index in [4.69, 9.17) is 16.2 Å². The van der Waals surface area contributed by atoms with E-state index in [1.54, 1.807) is 7.11 Å². The van der Waals surface area contributed by atoms with Gasteiger partial charge in [-0.2, -0.15) is 5.11 Å². The SMILES string of the molecule is COc1ccc(C[N+](C)(C)CCCN)cc1N=Nc1ccc(N)cc1C. The first-order valence-corrected chi connectivity index (χ1v) is 8.81. The first-order chi connectivity index (χ1) is 12.3. The molecule has 6 nitrogen and oxygen atoms in total. The molecule has 0 heterocycles. The molecule has 2 aromatic rings. The second kappa shape index (κ2) is 8.78. The second-order valence-electron chi connectivity index (χ2n) is 7.21. The molecule has 6 heteroatoms. The maximum absolute atomic E-state index is 5.79. The number of nitrogens with zero attached hydrogens (tertiary/aromatic N) is 3. The fourth-order valence-electron chi connectivity index (χ4n) is 2.90. The number of ether oxygens (including phenoxy) is 1. The van der Waals surface area contributed by atoms with Crippen molar-refractivity contribution >= 4 is 17.1 Å². The van der Waals surface area contributed by atoms with Crippen LogP contribution in [0, 0.1) is 6.92 Å². The molecule has 0 radical (unpaired) electrons. The van der Waals surface area contributed by atoms with E-state index in [2.05, 4.69) is 30.4 Å². The lowest BCUT2D eigenvalue weighted by Crippen LogP contribution is -2.40. The Kier molecular flexibility index (Phi) is 6.71. The van der Waals surface area contributed by atoms with Crippen LogP contribution < -0.4 is 16.2 Å². The number of nitrogen functional groups attached to an aromatic ring is 1. The van der Waals surface area contributed by atoms with Crippen LogP contribution in [0.2, 0.25) is 0 Å². The normalized spacial score (nSPS) is 11.9. The zero-order valence-electron chi connectivity index (χ0n) is 16.2. The summed E-state index contributed by atoms with van der Waals surface area (Å²) in [5, 5.41) is 8.80. The summed E-state index contributed by atoms with van der Waals surface area (Å²) in [6.07, 6.45) is 1.01. The molecule has 0 fully saturated rings. The smallest absolute Gasteiger partial charge is 0.146 e. The Labute approximate surface area is 156 Å². The van der Waals surface area contributed by atoms with Gasteiger partial charge in [0.2, 0.25) is 0 Å². The van der Waals surface area contributed by atoms with Crippen LogP contribution in [0.1, 0.15) is 17.5 Å². The van der Waals surface area contributed by atoms with Gasteiger partial charge in [-0.05, 0) is 55.4 Å². The average molecular weight is 356 g/mol. The molecule has 0 bridgehead atoms. The van der Waals surface area contributed by atoms with E-state index >= 15 is 0 Å². The van der Waals surface area contributed by atoms with Gasteiger partial charge in [0.05, 0.1) is 33.4 Å². The molecule has 140 valence electrons. The lowest BCUT2D eigenvalue weighted by atomic mass is 10.1. The number of anilines is 1. The molecular weight excluding hydrogens is 326 g/mol. The van der Waals surface area contributed by atoms with Crippen LogP contribution in [0.15, 0.2) is 46.6 Å². The van der Waals surface area contributed by atoms with E-state index in [-0.39, 0.29) is 0 Å². The summed E-state index contributed by atoms with van der Waals surface area (Å²) in [7, 11) is 6.06. The lowest BCUT2D eigenvalue weighted by molar-refractivity contribution is -0.903. The summed E-state index contributed by atoms with van der Waals surface area (Å²) >= 11 is 0. The van der Waals surface area contributed by atoms with Crippen molar-refractivity contribution in [3.8, 4) is 5.75 Å². The minimum absolute atomic E-state index is 0.706. The maximum Gasteiger partial charge on any atom is 0.146 e. The summed E-state index contributed by atoms with van der Waals surface area (Å²) in [4.78, 5) is 0. The standard InChI is InChI=1S/C20H30N5O/c1-15-12-17(22)7-8-18(15)23-24-19-13-16(6-9-20(19)26-4)14-25(2,3)11-5-10-21/h6-9,12-13H,5,10-11,14,21-22H2,1-4H3/q+1. The molecule has 2 rings (SSSR count). The summed E-state index contributed by atoms with van der Waals surface area (Å²) < 4.78 is 6.31. The number of azo groups is 1. The minimum atomic E-state index is 0.706. The zero-order chi connectivity index (χ0) is 19.2. The highest BCUT2D eigenvalue weighted by Crippen LogP contribution is 2.32. The average Bonchev–Trinajstić information content (AvgIpc) is 2.59. The zero-order valence-corrected chi connectivity index (χ0v) is 16.2. The third-order valence-corrected chi connectivity index (χ3v) is 4.31. The van der Waals surface area contributed by atoms with Gasteiger partial charge in [0.15, 0.2) is 0 Å². The molecule has 4 N–H and O–H groups in total. The fraction of sp³-hybridized carbons (Fsp3) is 0.400. The van der Waals surface area contributed by atoms with Crippen LogP contribution in [0.5, 0.6) is 5.75 Å². The molecule has 0 aliphatic rings. The van der Waals surface area contributed by atoms with E-state index in [0.29, 0.717) is 12.3 Å². The van der Waals surface area contributed by atoms with Gasteiger partial charge in [-0.15, -0.1) is 5.11 Å². The molecule has 26 heavy (non-hydrogen) atoms. The van der Waals surface area contributed by atoms with Gasteiger partial charge in [0, 0.05) is 17.7 Å². The molecule has 0 aliphatic carbocycles. The van der Waals surface area contributed by atoms with E-state index in [1.807, 2.05) is 37.3 Å². The molecular formula is C20H30N5O+. The van der Waals surface area contributed by atoms with Gasteiger partial charge < -0.3 is 20.7 Å². The minimum Gasteiger partial charge on any atom is -0.494 e. The Balaban J connectivity index is 2.25. The monoisotopic (exact) mass is 356 g/mol. The number of hydrogen-bond acceptors (Lipinski definition) is 5. The number of rotatable bonds is 8. The van der Waals surface area contributed by atoms with E-state index in [1.165, 1.54) is 5.56 Å². The maximum atomic E-state index is 5.79. The summed E-state index contributed by atoms with van der Waals surface area (Å²) in [6, 6.07) is 11.7. The van der Waals surface area contributed by atoms with E-state index in [0.717, 1.165) is 46.6 Å². The molecule has 0 atom stereocenters. The van der Waals surface area contributed by atoms with Crippen molar-refractivity contribution in [2.75, 3.05) is 40.0 Å². The molecule has 0 saturated heterocycles. The highest BCUT2D eigenvalue weighted by Gasteiger charge is 2.16. The molecule has 0 aliphatic heterocycles. The van der Waals surface area contributed by atoms with Crippen LogP contribution in [0.3, 0.4) is 0 Å². The molecule has 0 amide bonds. The predicted molar refractivity (Wildman–Crippen MR) is 107 cm³/mol. The fourth-order valence-corrected chi connectivity index (χ4v) is 2.90. The number of quaternary nitrogens is 1. The summed E-state index contributed by atoms with van der Waals surface area (Å²) in [6.45, 7) is 4.61. The Morgan fingerprint density at radius 1 is 1.04 bits per heavy atom. The van der Waals surface area contributed by atoms with E-state index in [9.17, 15) is 0 Å². The van der Waals surface area contributed by atoms with Crippen molar-refractivity contribution in [3.63, 3.8) is 0 Å². The lowest BCUT2D eigenvalue weighted by Gasteiger charge is -2.30. The van der Waals surface area contributed by atoms with Gasteiger partial charge in [0.25, 0.3) is 0 Å². The topological polar surface area (TPSA) is 86.0 Å². The number of hydrogen-bond donors (Lipinski definition) is 2. The first kappa shape index (κ1) is 19.9. The number of nitrogens with two attached hydrogens (primary N) is 2. The van der Waals surface area contributed by atoms with E-state index < -0.39 is 0 Å². The largest absolute Gasteiger partial charge is 0.494 e. The highest BCUT2D eigenvalue weighted by atomic mass is 16.5. The van der Waals surface area contributed by atoms with Crippen LogP contribution in [-0.2, 0) is 6.54 Å². The quantitative estimate of drug-likeness (QED) is 0.427. The van der Waals surface area contributed by atoms with Crippen molar-refractivity contribution < 1.29 is 9.22 Å². The van der Waals surface area contributed by atoms with Crippen molar-refractivity contribution in [1.82, 2.24) is 0 Å². The first-order valence-electron chi connectivity index (χ1n) is 8.81. The number of methoxy groups -OCH3 is 1. The Hall–Kier alpha value is -2.44. The van der Waals surface area contributed by atoms with Crippen molar-refractivity contribution in [3.05, 3.63) is 47.5 Å². The van der Waals surface area contributed by atoms with Crippen LogP contribution in [0.4, 0.5) is 17.1 Å². The Morgan fingerprint density at radius 3 is 2.42 bits per heavy atom. The second-order valence-corrected chi connectivity index (χ2v) is 7.21. The highest BCUT2D eigenvalue weighted by molar-refractivity contribution is 5.56. The predicted octanol–water partition coefficient (Wildman–Crippen LogP) is 3.93. The summed E-state index contributed by atoms with van der Waals surface area (Å²) in [5.41, 5.74) is 15.9. The van der Waals surface area contributed by atoms with Gasteiger partial charge in [0.1, 0.15) is 18.0 Å². The van der Waals surface area contributed by atoms with Crippen molar-refractivity contribution in [2.45, 2.75) is 19.9 Å². The molecule has 2 aromatic carbocycles. The van der Waals surface area contributed by atoms with Gasteiger partial charge in [-0.25, -0.2) is 0 Å². The van der Waals surface area contributed by atoms with Crippen LogP contribution >= 0.6 is 0 Å². The third-order valence-electron chi connectivity index (χ3n) is 4.31. The molecule has 0 spiro atoms. The van der Waals surface area contributed by atoms with Gasteiger partial charge in [-0.1, -0.05) is 0 Å². The van der Waals surface area contributed by atoms with Crippen LogP contribution in [0.25, 0.3) is 0 Å². The number of aryl methyl sites for hydroxylation is 1. The summed E-state index contributed by atoms with van der Waals surface area (Å²) in [5.74, 6) is 0.706. The van der Waals surface area contributed by atoms with Crippen molar-refractivity contribution in [2.24, 2.45) is 16.0 Å². The van der Waals surface area contributed by atoms with Crippen LogP contribution in [-0.4, -0.2) is 38.8 Å². The third kappa shape index (κ3) is 5.54. The molecule has 0 unspecified atom stereocenters. The Bertz CT molecular complexity index is 771. The molecule has 0 saturated carbocycles. The Morgan fingerprint density at radius 2 is 1.77 bits per heavy atom.